The Morgan fingerprint density at radius 3 is 2.70 bits per heavy atom. The summed E-state index contributed by atoms with van der Waals surface area (Å²) >= 11 is 1.72. The summed E-state index contributed by atoms with van der Waals surface area (Å²) in [6.07, 6.45) is 0.977. The van der Waals surface area contributed by atoms with Crippen LogP contribution in [0, 0.1) is 0 Å². The maximum atomic E-state index is 5.49. The van der Waals surface area contributed by atoms with E-state index >= 15 is 0 Å². The average Bonchev–Trinajstić information content (AvgIpc) is 3.34. The number of anilines is 2. The van der Waals surface area contributed by atoms with Gasteiger partial charge in [-0.1, -0.05) is 37.3 Å². The molecule has 0 unspecified atom stereocenters. The summed E-state index contributed by atoms with van der Waals surface area (Å²) in [5, 5.41) is 4.48. The highest BCUT2D eigenvalue weighted by atomic mass is 32.1. The van der Waals surface area contributed by atoms with Crippen LogP contribution in [-0.4, -0.2) is 16.8 Å². The molecule has 1 aliphatic rings. The highest BCUT2D eigenvalue weighted by Crippen LogP contribution is 2.37. The molecule has 6 heteroatoms. The lowest BCUT2D eigenvalue weighted by atomic mass is 10.2. The molecule has 2 aromatic carbocycles. The van der Waals surface area contributed by atoms with E-state index in [2.05, 4.69) is 18.3 Å². The minimum atomic E-state index is 0.263. The number of thiophene rings is 1. The van der Waals surface area contributed by atoms with Crippen molar-refractivity contribution >= 4 is 33.1 Å². The SMILES string of the molecule is CCc1cc2c(Nc3ccc4c(c3)OCO4)nc(-c3ccccc3)nc2s1. The molecule has 0 aliphatic carbocycles. The van der Waals surface area contributed by atoms with Crippen LogP contribution in [0.5, 0.6) is 11.5 Å². The predicted octanol–water partition coefficient (Wildman–Crippen LogP) is 5.39. The van der Waals surface area contributed by atoms with Crippen molar-refractivity contribution in [3.63, 3.8) is 0 Å². The van der Waals surface area contributed by atoms with Crippen LogP contribution in [0.3, 0.4) is 0 Å². The molecule has 0 bridgehead atoms. The Bertz CT molecular complexity index is 1130. The first kappa shape index (κ1) is 16.1. The van der Waals surface area contributed by atoms with Gasteiger partial charge in [0.05, 0.1) is 5.39 Å². The second kappa shape index (κ2) is 6.55. The Hall–Kier alpha value is -3.12. The van der Waals surface area contributed by atoms with Gasteiger partial charge in [-0.2, -0.15) is 0 Å². The van der Waals surface area contributed by atoms with Gasteiger partial charge in [-0.25, -0.2) is 9.97 Å². The number of nitrogens with zero attached hydrogens (tertiary/aromatic N) is 2. The van der Waals surface area contributed by atoms with Crippen LogP contribution in [0.15, 0.2) is 54.6 Å². The normalized spacial score (nSPS) is 12.5. The highest BCUT2D eigenvalue weighted by molar-refractivity contribution is 7.18. The summed E-state index contributed by atoms with van der Waals surface area (Å²) in [7, 11) is 0. The van der Waals surface area contributed by atoms with Gasteiger partial charge in [0.15, 0.2) is 17.3 Å². The van der Waals surface area contributed by atoms with Gasteiger partial charge in [-0.15, -0.1) is 11.3 Å². The number of hydrogen-bond acceptors (Lipinski definition) is 6. The second-order valence-electron chi connectivity index (χ2n) is 6.24. The standard InChI is InChI=1S/C21H17N3O2S/c1-2-15-11-16-20(22-14-8-9-17-18(10-14)26-12-25-17)23-19(24-21(16)27-15)13-6-4-3-5-7-13/h3-11H,2,12H2,1H3,(H,22,23,24). The van der Waals surface area contributed by atoms with E-state index in [9.17, 15) is 0 Å². The molecular formula is C21H17N3O2S. The lowest BCUT2D eigenvalue weighted by Gasteiger charge is -2.09. The fourth-order valence-corrected chi connectivity index (χ4v) is 4.04. The van der Waals surface area contributed by atoms with Gasteiger partial charge in [0.25, 0.3) is 0 Å². The van der Waals surface area contributed by atoms with Crippen LogP contribution >= 0.6 is 11.3 Å². The molecular weight excluding hydrogens is 358 g/mol. The molecule has 134 valence electrons. The quantitative estimate of drug-likeness (QED) is 0.518. The number of nitrogens with one attached hydrogen (secondary N) is 1. The van der Waals surface area contributed by atoms with Crippen molar-refractivity contribution in [3.8, 4) is 22.9 Å². The zero-order chi connectivity index (χ0) is 18.2. The molecule has 1 aliphatic heterocycles. The number of ether oxygens (including phenoxy) is 2. The Balaban J connectivity index is 1.62. The summed E-state index contributed by atoms with van der Waals surface area (Å²) in [4.78, 5) is 11.9. The zero-order valence-corrected chi connectivity index (χ0v) is 15.5. The molecule has 27 heavy (non-hydrogen) atoms. The van der Waals surface area contributed by atoms with Crippen LogP contribution in [0.1, 0.15) is 11.8 Å². The van der Waals surface area contributed by atoms with Gasteiger partial charge in [0.1, 0.15) is 10.6 Å². The molecule has 0 spiro atoms. The molecule has 0 amide bonds. The molecule has 5 rings (SSSR count). The van der Waals surface area contributed by atoms with E-state index < -0.39 is 0 Å². The Labute approximate surface area is 160 Å². The van der Waals surface area contributed by atoms with Gasteiger partial charge in [0, 0.05) is 22.2 Å². The second-order valence-corrected chi connectivity index (χ2v) is 7.36. The van der Waals surface area contributed by atoms with Crippen molar-refractivity contribution in [3.05, 3.63) is 59.5 Å². The summed E-state index contributed by atoms with van der Waals surface area (Å²) in [5.74, 6) is 3.03. The minimum Gasteiger partial charge on any atom is -0.454 e. The van der Waals surface area contributed by atoms with Crippen LogP contribution < -0.4 is 14.8 Å². The zero-order valence-electron chi connectivity index (χ0n) is 14.7. The van der Waals surface area contributed by atoms with Crippen molar-refractivity contribution in [1.29, 1.82) is 0 Å². The van der Waals surface area contributed by atoms with Crippen molar-refractivity contribution in [1.82, 2.24) is 9.97 Å². The Kier molecular flexibility index (Phi) is 3.90. The fraction of sp³-hybridized carbons (Fsp3) is 0.143. The molecule has 0 saturated carbocycles. The van der Waals surface area contributed by atoms with Gasteiger partial charge >= 0.3 is 0 Å². The molecule has 0 saturated heterocycles. The third-order valence-electron chi connectivity index (χ3n) is 4.46. The van der Waals surface area contributed by atoms with Gasteiger partial charge in [0.2, 0.25) is 6.79 Å². The van der Waals surface area contributed by atoms with E-state index in [0.29, 0.717) is 0 Å². The van der Waals surface area contributed by atoms with E-state index in [0.717, 1.165) is 51.0 Å². The van der Waals surface area contributed by atoms with E-state index in [1.54, 1.807) is 11.3 Å². The van der Waals surface area contributed by atoms with E-state index in [1.807, 2.05) is 48.5 Å². The van der Waals surface area contributed by atoms with Crippen LogP contribution in [0.25, 0.3) is 21.6 Å². The summed E-state index contributed by atoms with van der Waals surface area (Å²) in [5.41, 5.74) is 1.90. The molecule has 4 aromatic rings. The maximum absolute atomic E-state index is 5.49. The van der Waals surface area contributed by atoms with Crippen LogP contribution in [-0.2, 0) is 6.42 Å². The predicted molar refractivity (Wildman–Crippen MR) is 108 cm³/mol. The fourth-order valence-electron chi connectivity index (χ4n) is 3.07. The molecule has 2 aromatic heterocycles. The van der Waals surface area contributed by atoms with E-state index in [-0.39, 0.29) is 6.79 Å². The van der Waals surface area contributed by atoms with Crippen LogP contribution in [0.2, 0.25) is 0 Å². The van der Waals surface area contributed by atoms with Crippen molar-refractivity contribution in [2.75, 3.05) is 12.1 Å². The monoisotopic (exact) mass is 375 g/mol. The number of aryl methyl sites for hydroxylation is 1. The third-order valence-corrected chi connectivity index (χ3v) is 5.63. The third kappa shape index (κ3) is 2.98. The lowest BCUT2D eigenvalue weighted by molar-refractivity contribution is 0.174. The summed E-state index contributed by atoms with van der Waals surface area (Å²) in [6.45, 7) is 2.42. The molecule has 5 nitrogen and oxygen atoms in total. The first-order valence-corrected chi connectivity index (χ1v) is 9.64. The maximum Gasteiger partial charge on any atom is 0.231 e. The van der Waals surface area contributed by atoms with E-state index in [4.69, 9.17) is 19.4 Å². The molecule has 0 fully saturated rings. The number of rotatable bonds is 4. The van der Waals surface area contributed by atoms with Gasteiger partial charge in [-0.05, 0) is 24.6 Å². The smallest absolute Gasteiger partial charge is 0.231 e. The lowest BCUT2D eigenvalue weighted by Crippen LogP contribution is -1.98. The number of hydrogen-bond donors (Lipinski definition) is 1. The molecule has 3 heterocycles. The molecule has 0 radical (unpaired) electrons. The van der Waals surface area contributed by atoms with Crippen molar-refractivity contribution < 1.29 is 9.47 Å². The first-order chi connectivity index (χ1) is 13.3. The first-order valence-electron chi connectivity index (χ1n) is 8.83. The number of fused-ring (bicyclic) bond motifs is 2. The van der Waals surface area contributed by atoms with Crippen LogP contribution in [0.4, 0.5) is 11.5 Å². The summed E-state index contributed by atoms with van der Waals surface area (Å²) in [6, 6.07) is 18.0. The Morgan fingerprint density at radius 2 is 1.85 bits per heavy atom. The minimum absolute atomic E-state index is 0.263. The van der Waals surface area contributed by atoms with Gasteiger partial charge < -0.3 is 14.8 Å². The van der Waals surface area contributed by atoms with E-state index in [1.165, 1.54) is 4.88 Å². The van der Waals surface area contributed by atoms with Gasteiger partial charge in [-0.3, -0.25) is 0 Å². The highest BCUT2D eigenvalue weighted by Gasteiger charge is 2.16. The topological polar surface area (TPSA) is 56.3 Å². The molecule has 0 atom stereocenters. The molecule has 1 N–H and O–H groups in total. The summed E-state index contributed by atoms with van der Waals surface area (Å²) < 4.78 is 10.9. The van der Waals surface area contributed by atoms with Crippen molar-refractivity contribution in [2.24, 2.45) is 0 Å². The number of benzene rings is 2. The number of aromatic nitrogens is 2. The Morgan fingerprint density at radius 1 is 1.00 bits per heavy atom. The largest absolute Gasteiger partial charge is 0.454 e. The average molecular weight is 375 g/mol. The van der Waals surface area contributed by atoms with Crippen molar-refractivity contribution in [2.45, 2.75) is 13.3 Å².